The van der Waals surface area contributed by atoms with Crippen LogP contribution >= 0.6 is 0 Å². The Hall–Kier alpha value is -2.36. The van der Waals surface area contributed by atoms with Gasteiger partial charge >= 0.3 is 0 Å². The predicted molar refractivity (Wildman–Crippen MR) is 70.2 cm³/mol. The normalized spacial score (nSPS) is 10.9. The molecular weight excluding hydrogens is 226 g/mol. The lowest BCUT2D eigenvalue weighted by atomic mass is 10.1. The molecule has 0 radical (unpaired) electrons. The number of nitrogens with zero attached hydrogens (tertiary/aromatic N) is 2. The van der Waals surface area contributed by atoms with Crippen LogP contribution in [0.2, 0.25) is 0 Å². The summed E-state index contributed by atoms with van der Waals surface area (Å²) in [7, 11) is 0. The van der Waals surface area contributed by atoms with E-state index in [1.165, 1.54) is 0 Å². The average Bonchev–Trinajstić information content (AvgIpc) is 2.73. The van der Waals surface area contributed by atoms with Gasteiger partial charge in [0.05, 0.1) is 0 Å². The van der Waals surface area contributed by atoms with Gasteiger partial charge in [0.25, 0.3) is 0 Å². The van der Waals surface area contributed by atoms with Crippen LogP contribution in [0.15, 0.2) is 40.8 Å². The number of aromatic nitrogens is 2. The molecule has 0 fully saturated rings. The van der Waals surface area contributed by atoms with Crippen molar-refractivity contribution in [1.82, 2.24) is 9.97 Å². The van der Waals surface area contributed by atoms with E-state index in [9.17, 15) is 0 Å². The van der Waals surface area contributed by atoms with Gasteiger partial charge in [-0.15, -0.1) is 0 Å². The van der Waals surface area contributed by atoms with Crippen molar-refractivity contribution in [2.24, 2.45) is 0 Å². The molecule has 90 valence electrons. The molecule has 0 aliphatic heterocycles. The Morgan fingerprint density at radius 2 is 1.83 bits per heavy atom. The largest absolute Gasteiger partial charge is 0.439 e. The van der Waals surface area contributed by atoms with Gasteiger partial charge in [-0.05, 0) is 36.8 Å². The van der Waals surface area contributed by atoms with E-state index in [2.05, 4.69) is 9.97 Å². The van der Waals surface area contributed by atoms with Gasteiger partial charge in [0, 0.05) is 17.8 Å². The summed E-state index contributed by atoms with van der Waals surface area (Å²) in [6.07, 6.45) is 0.648. The number of pyridine rings is 1. The average molecular weight is 239 g/mol. The topological polar surface area (TPSA) is 64.9 Å². The Kier molecular flexibility index (Phi) is 2.48. The first kappa shape index (κ1) is 10.8. The number of nitrogens with two attached hydrogens (primary N) is 1. The molecule has 0 saturated carbocycles. The van der Waals surface area contributed by atoms with Crippen LogP contribution in [0.25, 0.3) is 11.2 Å². The minimum atomic E-state index is 0.648. The first-order valence-corrected chi connectivity index (χ1v) is 5.78. The maximum atomic E-state index is 5.65. The first-order chi connectivity index (χ1) is 8.70. The second-order valence-corrected chi connectivity index (χ2v) is 4.30. The van der Waals surface area contributed by atoms with E-state index in [0.29, 0.717) is 18.0 Å². The molecule has 0 saturated heterocycles. The first-order valence-electron chi connectivity index (χ1n) is 5.78. The Bertz CT molecular complexity index is 686. The highest BCUT2D eigenvalue weighted by molar-refractivity contribution is 5.67. The zero-order valence-electron chi connectivity index (χ0n) is 10.1. The fraction of sp³-hybridized carbons (Fsp3) is 0.143. The molecule has 2 heterocycles. The summed E-state index contributed by atoms with van der Waals surface area (Å²) in [6.45, 7) is 1.94. The third-order valence-electron chi connectivity index (χ3n) is 2.77. The fourth-order valence-corrected chi connectivity index (χ4v) is 1.84. The van der Waals surface area contributed by atoms with E-state index in [0.717, 1.165) is 22.5 Å². The molecule has 0 unspecified atom stereocenters. The Morgan fingerprint density at radius 1 is 1.06 bits per heavy atom. The zero-order chi connectivity index (χ0) is 12.5. The lowest BCUT2D eigenvalue weighted by molar-refractivity contribution is 0.544. The molecule has 0 aliphatic rings. The lowest BCUT2D eigenvalue weighted by Gasteiger charge is -1.97. The van der Waals surface area contributed by atoms with Crippen LogP contribution in [0, 0.1) is 6.92 Å². The minimum absolute atomic E-state index is 0.648. The maximum Gasteiger partial charge on any atom is 0.201 e. The Morgan fingerprint density at radius 3 is 2.61 bits per heavy atom. The molecular formula is C14H13N3O. The van der Waals surface area contributed by atoms with E-state index < -0.39 is 0 Å². The van der Waals surface area contributed by atoms with E-state index >= 15 is 0 Å². The van der Waals surface area contributed by atoms with Crippen molar-refractivity contribution in [2.45, 2.75) is 13.3 Å². The molecule has 0 bridgehead atoms. The third kappa shape index (κ3) is 2.05. The number of oxazole rings is 1. The maximum absolute atomic E-state index is 5.65. The second-order valence-electron chi connectivity index (χ2n) is 4.30. The van der Waals surface area contributed by atoms with Crippen molar-refractivity contribution in [3.63, 3.8) is 0 Å². The molecule has 2 N–H and O–H groups in total. The van der Waals surface area contributed by atoms with Gasteiger partial charge in [-0.25, -0.2) is 4.98 Å². The molecule has 1 aromatic carbocycles. The minimum Gasteiger partial charge on any atom is -0.439 e. The lowest BCUT2D eigenvalue weighted by Crippen LogP contribution is -1.90. The second kappa shape index (κ2) is 4.14. The molecule has 0 atom stereocenters. The summed E-state index contributed by atoms with van der Waals surface area (Å²) < 4.78 is 5.65. The number of hydrogen-bond acceptors (Lipinski definition) is 4. The Balaban J connectivity index is 1.92. The van der Waals surface area contributed by atoms with Crippen molar-refractivity contribution in [3.8, 4) is 0 Å². The summed E-state index contributed by atoms with van der Waals surface area (Å²) in [5.41, 5.74) is 9.86. The van der Waals surface area contributed by atoms with E-state index in [4.69, 9.17) is 10.2 Å². The van der Waals surface area contributed by atoms with Crippen LogP contribution in [0.3, 0.4) is 0 Å². The summed E-state index contributed by atoms with van der Waals surface area (Å²) in [4.78, 5) is 8.71. The number of hydrogen-bond donors (Lipinski definition) is 1. The van der Waals surface area contributed by atoms with Gasteiger partial charge in [0.2, 0.25) is 5.89 Å². The van der Waals surface area contributed by atoms with Gasteiger partial charge in [-0.2, -0.15) is 4.98 Å². The van der Waals surface area contributed by atoms with Gasteiger partial charge in [0.1, 0.15) is 0 Å². The zero-order valence-corrected chi connectivity index (χ0v) is 10.1. The van der Waals surface area contributed by atoms with Crippen molar-refractivity contribution in [1.29, 1.82) is 0 Å². The van der Waals surface area contributed by atoms with Crippen LogP contribution in [0.1, 0.15) is 17.1 Å². The number of anilines is 1. The number of rotatable bonds is 2. The number of fused-ring (bicyclic) bond motifs is 1. The molecule has 3 rings (SSSR count). The molecule has 0 spiro atoms. The van der Waals surface area contributed by atoms with Crippen molar-refractivity contribution < 1.29 is 4.42 Å². The molecule has 0 amide bonds. The van der Waals surface area contributed by atoms with Gasteiger partial charge in [-0.3, -0.25) is 0 Å². The van der Waals surface area contributed by atoms with Crippen molar-refractivity contribution >= 4 is 16.9 Å². The quantitative estimate of drug-likeness (QED) is 0.698. The van der Waals surface area contributed by atoms with E-state index in [1.54, 1.807) is 0 Å². The number of aryl methyl sites for hydroxylation is 1. The Labute approximate surface area is 104 Å². The van der Waals surface area contributed by atoms with Crippen LogP contribution in [0.4, 0.5) is 5.69 Å². The van der Waals surface area contributed by atoms with E-state index in [-0.39, 0.29) is 0 Å². The van der Waals surface area contributed by atoms with Crippen LogP contribution < -0.4 is 5.73 Å². The number of benzene rings is 1. The van der Waals surface area contributed by atoms with Crippen LogP contribution in [0.5, 0.6) is 0 Å². The highest BCUT2D eigenvalue weighted by Gasteiger charge is 2.07. The fourth-order valence-electron chi connectivity index (χ4n) is 1.84. The van der Waals surface area contributed by atoms with Crippen molar-refractivity contribution in [3.05, 3.63) is 53.5 Å². The summed E-state index contributed by atoms with van der Waals surface area (Å²) in [5.74, 6) is 0.674. The summed E-state index contributed by atoms with van der Waals surface area (Å²) >= 11 is 0. The SMILES string of the molecule is Cc1ccc2oc(Cc3ccc(N)cc3)nc2n1. The number of nitrogen functional groups attached to an aromatic ring is 1. The molecule has 4 heteroatoms. The van der Waals surface area contributed by atoms with Gasteiger partial charge < -0.3 is 10.2 Å². The van der Waals surface area contributed by atoms with Crippen LogP contribution in [-0.2, 0) is 6.42 Å². The molecule has 3 aromatic rings. The predicted octanol–water partition coefficient (Wildman–Crippen LogP) is 2.70. The monoisotopic (exact) mass is 239 g/mol. The highest BCUT2D eigenvalue weighted by atomic mass is 16.3. The molecule has 2 aromatic heterocycles. The molecule has 0 aliphatic carbocycles. The van der Waals surface area contributed by atoms with Crippen LogP contribution in [-0.4, -0.2) is 9.97 Å². The van der Waals surface area contributed by atoms with Gasteiger partial charge in [-0.1, -0.05) is 12.1 Å². The van der Waals surface area contributed by atoms with E-state index in [1.807, 2.05) is 43.3 Å². The third-order valence-corrected chi connectivity index (χ3v) is 2.77. The van der Waals surface area contributed by atoms with Crippen molar-refractivity contribution in [2.75, 3.05) is 5.73 Å². The summed E-state index contributed by atoms with van der Waals surface area (Å²) in [6, 6.07) is 11.5. The smallest absolute Gasteiger partial charge is 0.201 e. The molecule has 18 heavy (non-hydrogen) atoms. The summed E-state index contributed by atoms with van der Waals surface area (Å²) in [5, 5.41) is 0. The standard InChI is InChI=1S/C14H13N3O/c1-9-2-7-12-14(16-9)17-13(18-12)8-10-3-5-11(15)6-4-10/h2-7H,8,15H2,1H3. The highest BCUT2D eigenvalue weighted by Crippen LogP contribution is 2.17. The molecule has 4 nitrogen and oxygen atoms in total. The van der Waals surface area contributed by atoms with Gasteiger partial charge in [0.15, 0.2) is 11.2 Å².